The molecule has 4 bridgehead atoms. The lowest BCUT2D eigenvalue weighted by Crippen LogP contribution is -2.64. The van der Waals surface area contributed by atoms with Gasteiger partial charge in [0.15, 0.2) is 0 Å². The molecular formula is C86H138N2O23. The fourth-order valence-electron chi connectivity index (χ4n) is 18.8. The third-order valence-corrected chi connectivity index (χ3v) is 25.7. The van der Waals surface area contributed by atoms with Gasteiger partial charge in [-0.2, -0.15) is 0 Å². The van der Waals surface area contributed by atoms with E-state index in [9.17, 15) is 63.9 Å². The van der Waals surface area contributed by atoms with Crippen LogP contribution in [0.5, 0.6) is 0 Å². The topological polar surface area (TPSA) is 336 Å². The van der Waals surface area contributed by atoms with Crippen molar-refractivity contribution in [2.24, 2.45) is 59.2 Å². The molecule has 0 aromatic carbocycles. The summed E-state index contributed by atoms with van der Waals surface area (Å²) in [7, 11) is 9.32. The third kappa shape index (κ3) is 23.4. The van der Waals surface area contributed by atoms with Gasteiger partial charge in [0.05, 0.1) is 54.9 Å². The summed E-state index contributed by atoms with van der Waals surface area (Å²) in [6.45, 7) is 23.1. The van der Waals surface area contributed by atoms with Gasteiger partial charge in [0.25, 0.3) is 23.4 Å². The molecule has 27 atom stereocenters. The molecule has 4 saturated heterocycles. The van der Waals surface area contributed by atoms with E-state index in [4.69, 9.17) is 47.4 Å². The van der Waals surface area contributed by atoms with Crippen molar-refractivity contribution in [3.8, 4) is 0 Å². The van der Waals surface area contributed by atoms with Crippen LogP contribution in [0.1, 0.15) is 231 Å². The van der Waals surface area contributed by atoms with Crippen LogP contribution in [0, 0.1) is 59.2 Å². The van der Waals surface area contributed by atoms with E-state index in [1.165, 1.54) is 24.0 Å². The van der Waals surface area contributed by atoms with E-state index < -0.39 is 150 Å². The molecule has 0 aromatic rings. The van der Waals surface area contributed by atoms with Crippen LogP contribution >= 0.6 is 0 Å². The van der Waals surface area contributed by atoms with Gasteiger partial charge in [-0.1, -0.05) is 90.8 Å². The molecule has 25 nitrogen and oxygen atoms in total. The Kier molecular flexibility index (Phi) is 35.9. The number of nitrogens with zero attached hydrogens (tertiary/aromatic N) is 2. The summed E-state index contributed by atoms with van der Waals surface area (Å²) in [5, 5.41) is 56.5. The molecule has 0 radical (unpaired) electrons. The van der Waals surface area contributed by atoms with Gasteiger partial charge in [-0.3, -0.25) is 28.8 Å². The summed E-state index contributed by atoms with van der Waals surface area (Å²) in [4.78, 5) is 115. The number of fused-ring (bicyclic) bond motifs is 6. The Morgan fingerprint density at radius 3 is 1.25 bits per heavy atom. The number of allylic oxidation sites excluding steroid dienone is 6. The lowest BCUT2D eigenvalue weighted by molar-refractivity contribution is -0.302. The highest BCUT2D eigenvalue weighted by Crippen LogP contribution is 2.43. The van der Waals surface area contributed by atoms with Gasteiger partial charge < -0.3 is 82.7 Å². The first-order valence-corrected chi connectivity index (χ1v) is 41.5. The number of rotatable bonds is 12. The number of carbonyl (C=O) groups excluding carboxylic acids is 8. The maximum atomic E-state index is 14.3. The van der Waals surface area contributed by atoms with E-state index in [2.05, 4.69) is 26.0 Å². The molecular weight excluding hydrogens is 1430 g/mol. The first kappa shape index (κ1) is 93.2. The third-order valence-electron chi connectivity index (χ3n) is 25.7. The minimum absolute atomic E-state index is 0.000914. The summed E-state index contributed by atoms with van der Waals surface area (Å²) in [6.07, 6.45) is 10.8. The number of hydrogen-bond donors (Lipinski definition) is 5. The molecule has 2 amide bonds. The molecule has 630 valence electrons. The van der Waals surface area contributed by atoms with Crippen molar-refractivity contribution in [3.05, 3.63) is 46.6 Å². The van der Waals surface area contributed by atoms with Crippen LogP contribution in [0.25, 0.3) is 0 Å². The van der Waals surface area contributed by atoms with E-state index in [1.54, 1.807) is 49.2 Å². The number of ketones is 4. The van der Waals surface area contributed by atoms with E-state index in [-0.39, 0.29) is 98.1 Å². The summed E-state index contributed by atoms with van der Waals surface area (Å²) in [5.74, 6) is -13.7. The molecule has 2 aliphatic carbocycles. The second-order valence-electron chi connectivity index (χ2n) is 34.2. The van der Waals surface area contributed by atoms with Crippen molar-refractivity contribution in [2.45, 2.75) is 334 Å². The highest BCUT2D eigenvalue weighted by atomic mass is 16.7. The molecule has 6 heterocycles. The normalized spacial score (nSPS) is 41.2. The van der Waals surface area contributed by atoms with E-state index in [0.717, 1.165) is 23.1 Å². The van der Waals surface area contributed by atoms with Crippen molar-refractivity contribution in [3.63, 3.8) is 0 Å². The molecule has 2 saturated carbocycles. The number of esters is 2. The summed E-state index contributed by atoms with van der Waals surface area (Å²) >= 11 is 0. The summed E-state index contributed by atoms with van der Waals surface area (Å²) in [5.41, 5.74) is 3.57. The number of aliphatic hydroxyl groups excluding tert-OH is 3. The number of ether oxygens (including phenoxy) is 10. The monoisotopic (exact) mass is 1570 g/mol. The Hall–Kier alpha value is -5.00. The molecule has 111 heavy (non-hydrogen) atoms. The maximum absolute atomic E-state index is 14.3. The molecule has 8 aliphatic rings. The highest BCUT2D eigenvalue weighted by molar-refractivity contribution is 6.39. The first-order chi connectivity index (χ1) is 52.6. The van der Waals surface area contributed by atoms with Gasteiger partial charge in [-0.25, -0.2) is 9.59 Å². The molecule has 0 aromatic heterocycles. The first-order valence-electron chi connectivity index (χ1n) is 41.5. The van der Waals surface area contributed by atoms with Crippen LogP contribution in [0.2, 0.25) is 0 Å². The average Bonchev–Trinajstić information content (AvgIpc) is 0.871. The number of methoxy groups -OCH3 is 6. The van der Waals surface area contributed by atoms with E-state index in [1.807, 2.05) is 60.6 Å². The summed E-state index contributed by atoms with van der Waals surface area (Å²) < 4.78 is 59.6. The second kappa shape index (κ2) is 42.7. The Balaban J connectivity index is 0.000000308. The molecule has 0 spiro atoms. The van der Waals surface area contributed by atoms with Gasteiger partial charge in [0.1, 0.15) is 48.1 Å². The maximum Gasteiger partial charge on any atom is 0.329 e. The number of piperidine rings is 2. The van der Waals surface area contributed by atoms with Crippen LogP contribution in [-0.4, -0.2) is 241 Å². The molecule has 5 N–H and O–H groups in total. The predicted octanol–water partition coefficient (Wildman–Crippen LogP) is 9.98. The van der Waals surface area contributed by atoms with Gasteiger partial charge >= 0.3 is 11.9 Å². The van der Waals surface area contributed by atoms with Crippen LogP contribution in [0.4, 0.5) is 0 Å². The second-order valence-corrected chi connectivity index (χ2v) is 34.2. The van der Waals surface area contributed by atoms with Crippen molar-refractivity contribution in [2.75, 3.05) is 55.7 Å². The number of Topliss-reactive ketones (excluding diaryl/α,β-unsaturated/α-hetero) is 4. The predicted molar refractivity (Wildman–Crippen MR) is 415 cm³/mol. The zero-order valence-electron chi connectivity index (χ0n) is 69.9. The zero-order valence-corrected chi connectivity index (χ0v) is 69.9. The highest BCUT2D eigenvalue weighted by Gasteiger charge is 2.59. The van der Waals surface area contributed by atoms with Crippen molar-refractivity contribution >= 4 is 46.9 Å². The van der Waals surface area contributed by atoms with Crippen LogP contribution in [0.15, 0.2) is 46.6 Å². The van der Waals surface area contributed by atoms with E-state index >= 15 is 0 Å². The van der Waals surface area contributed by atoms with Gasteiger partial charge in [0, 0.05) is 98.2 Å². The van der Waals surface area contributed by atoms with Crippen molar-refractivity contribution in [1.82, 2.24) is 9.80 Å². The van der Waals surface area contributed by atoms with Gasteiger partial charge in [-0.15, -0.1) is 0 Å². The van der Waals surface area contributed by atoms with Crippen LogP contribution in [-0.2, 0) is 85.7 Å². The van der Waals surface area contributed by atoms with Gasteiger partial charge in [-0.05, 0) is 203 Å². The molecule has 6 aliphatic heterocycles. The minimum Gasteiger partial charge on any atom is -0.456 e. The fourth-order valence-corrected chi connectivity index (χ4v) is 18.8. The zero-order chi connectivity index (χ0) is 82.1. The average molecular weight is 1570 g/mol. The lowest BCUT2D eigenvalue weighted by Gasteiger charge is -2.47. The summed E-state index contributed by atoms with van der Waals surface area (Å²) in [6, 6.07) is -2.17. The number of cyclic esters (lactones) is 2. The lowest BCUT2D eigenvalue weighted by atomic mass is 9.81. The number of amides is 2. The Morgan fingerprint density at radius 2 is 0.856 bits per heavy atom. The molecule has 25 heteroatoms. The standard InChI is InChI=1S/C43H69NO12.C43H69NO11/c1-10-30-18-24(2)17-25(3)19-36(53-8)39-37(54-9)21-27(5)43(51,56-39)40(48)41(49)44-16-12-11-13-31(44)42(50)55-38(28(6)33(46)23-34(30)47)26(4)20-29-14-15-32(45)35(22-29)52-7;1-10-31-20-25(2)19-26(3)21-36(52-8)39-37(53-9)23-29(6)43(50,55-39)40(47)41(48)44-18-12-11-13-32(44)42(49)54-38(27(4)14-16-33(31)45)28(5)22-30-15-17-34(46)35(24-30)51-7/h18,20,25,27-33,35-39,45-46,51H,10-17,19,21-23H2,1-9H3;20,22,26-27,29-32,34-39,46,50H,10-19,21,23-24H2,1-9H3/b24-18+,26-20+;25-20+,28-22+/t25-,27+,28+,29-,30+,31-,32+,33-,35+,36-,37-,38+,39+,43+;26-,27+,29+,30-,31+,32-,34+,35+,36-,37-,38-,39+,43+/m00/s1. The fraction of sp³-hybridized carbons (Fsp3) is 0.814. The Morgan fingerprint density at radius 1 is 0.477 bits per heavy atom. The smallest absolute Gasteiger partial charge is 0.329 e. The SMILES string of the molecule is CC[C@@H]1/C=C(\C)C[C@H](C)C[C@H](OC)[C@H]2O[C@@](O)(C(=O)C(=O)N3CCCC[C@H]3C(=O)O[C@H](/C(C)=C/[C@@H]3CC[C@@H](O)[C@H](OC)C3)[C@H](C)CCC1=O)[C@H](C)C[C@@H]2OC.CC[C@@H]1/C=C(\C)C[C@H](C)C[C@H](OC)[C@H]2O[C@@](O)(C(=O)C(=O)N3CCCC[C@H]3C(=O)O[C@H](/C(C)=C/[C@@H]3CC[C@@H](O)[C@H](OC)C3)[C@H](C)[C@@H](O)CC1=O)[C@H](C)C[C@@H]2OC. The number of aliphatic hydroxyl groups is 5. The minimum atomic E-state index is -2.50. The Labute approximate surface area is 660 Å². The van der Waals surface area contributed by atoms with E-state index in [0.29, 0.717) is 121 Å². The molecule has 6 fully saturated rings. The van der Waals surface area contributed by atoms with Crippen molar-refractivity contribution in [1.29, 1.82) is 0 Å². The van der Waals surface area contributed by atoms with Gasteiger partial charge in [0.2, 0.25) is 11.6 Å². The number of carbonyl (C=O) groups is 8. The quantitative estimate of drug-likeness (QED) is 0.0689. The molecule has 8 rings (SSSR count). The van der Waals surface area contributed by atoms with Crippen LogP contribution in [0.3, 0.4) is 0 Å². The largest absolute Gasteiger partial charge is 0.456 e. The van der Waals surface area contributed by atoms with Crippen molar-refractivity contribution < 1.29 is 111 Å². The number of hydrogen-bond acceptors (Lipinski definition) is 23. The molecule has 0 unspecified atom stereocenters. The van der Waals surface area contributed by atoms with Crippen LogP contribution < -0.4 is 0 Å². The Bertz CT molecular complexity index is 3240.